The number of ketones is 2. The Hall–Kier alpha value is -4.62. The van der Waals surface area contributed by atoms with E-state index < -0.39 is 41.4 Å². The number of hydrogen-bond acceptors (Lipinski definition) is 7. The molecule has 0 bridgehead atoms. The van der Waals surface area contributed by atoms with Crippen molar-refractivity contribution in [3.8, 4) is 0 Å². The summed E-state index contributed by atoms with van der Waals surface area (Å²) in [4.78, 5) is 54.7. The van der Waals surface area contributed by atoms with Gasteiger partial charge in [0.05, 0.1) is 6.10 Å². The lowest BCUT2D eigenvalue weighted by atomic mass is 9.45. The van der Waals surface area contributed by atoms with Gasteiger partial charge in [0, 0.05) is 24.0 Å². The first-order chi connectivity index (χ1) is 31.9. The van der Waals surface area contributed by atoms with E-state index >= 15 is 0 Å². The summed E-state index contributed by atoms with van der Waals surface area (Å²) in [5.41, 5.74) is 7.77. The van der Waals surface area contributed by atoms with Crippen molar-refractivity contribution in [2.75, 3.05) is 6.61 Å². The molecule has 0 unspecified atom stereocenters. The number of ether oxygens (including phenoxy) is 2. The lowest BCUT2D eigenvalue weighted by Gasteiger charge is -2.60. The highest BCUT2D eigenvalue weighted by atomic mass is 16.6. The second-order valence-electron chi connectivity index (χ2n) is 23.2. The Bertz CT molecular complexity index is 2360. The van der Waals surface area contributed by atoms with E-state index in [2.05, 4.69) is 86.6 Å². The highest BCUT2D eigenvalue weighted by molar-refractivity contribution is 5.96. The van der Waals surface area contributed by atoms with Crippen molar-refractivity contribution >= 4 is 23.5 Å². The van der Waals surface area contributed by atoms with Crippen molar-refractivity contribution in [2.45, 2.75) is 178 Å². The van der Waals surface area contributed by atoms with Crippen molar-refractivity contribution in [2.24, 2.45) is 39.4 Å². The summed E-state index contributed by atoms with van der Waals surface area (Å²) < 4.78 is 12.2. The van der Waals surface area contributed by atoms with E-state index in [4.69, 9.17) is 9.47 Å². The van der Waals surface area contributed by atoms with Crippen LogP contribution < -0.4 is 0 Å². The number of hydrogen-bond donors (Lipinski definition) is 1. The number of aliphatic hydroxyl groups is 1. The van der Waals surface area contributed by atoms with Crippen molar-refractivity contribution < 1.29 is 33.8 Å². The van der Waals surface area contributed by atoms with E-state index in [0.29, 0.717) is 30.4 Å². The van der Waals surface area contributed by atoms with E-state index in [0.717, 1.165) is 42.4 Å². The number of esters is 2. The maximum absolute atomic E-state index is 14.8. The first kappa shape index (κ1) is 52.7. The quantitative estimate of drug-likeness (QED) is 0.105. The fourth-order valence-electron chi connectivity index (χ4n) is 13.6. The molecule has 7 atom stereocenters. The van der Waals surface area contributed by atoms with Crippen LogP contribution in [0.15, 0.2) is 129 Å². The lowest BCUT2D eigenvalue weighted by molar-refractivity contribution is -0.200. The minimum Gasteiger partial charge on any atom is -0.454 e. The molecule has 0 heterocycles. The average molecular weight is 927 g/mol. The molecule has 0 aromatic carbocycles. The Labute approximate surface area is 409 Å². The Morgan fingerprint density at radius 1 is 0.691 bits per heavy atom. The Morgan fingerprint density at radius 3 is 1.78 bits per heavy atom. The van der Waals surface area contributed by atoms with Crippen molar-refractivity contribution in [3.63, 3.8) is 0 Å². The van der Waals surface area contributed by atoms with Crippen LogP contribution in [-0.4, -0.2) is 46.9 Å². The minimum absolute atomic E-state index is 0.0298. The van der Waals surface area contributed by atoms with Gasteiger partial charge < -0.3 is 14.6 Å². The summed E-state index contributed by atoms with van der Waals surface area (Å²) in [5, 5.41) is 12.2. The molecule has 0 amide bonds. The third kappa shape index (κ3) is 11.4. The van der Waals surface area contributed by atoms with Gasteiger partial charge in [0.1, 0.15) is 0 Å². The van der Waals surface area contributed by atoms with Crippen LogP contribution in [0, 0.1) is 39.4 Å². The van der Waals surface area contributed by atoms with Crippen LogP contribution in [-0.2, 0) is 28.7 Å². The highest BCUT2D eigenvalue weighted by Crippen LogP contribution is 2.68. The van der Waals surface area contributed by atoms with Gasteiger partial charge in [-0.15, -0.1) is 0 Å². The smallest absolute Gasteiger partial charge is 0.332 e. The SMILES string of the molecule is CC(C=CC1=C(C)CCCC1(C)C)=CC=CC(C)=CC(=O)OCC(=O)[C@@]1(OC(=O)C=C(C)C=CC=C(C)C=CC2=C(C)CCCC2(C)C)CC[C@H]2[C@@H]3CCC4=CC(=O)CC[C@]4(C)[C@H]3[C@@H](O)C[C@@]21C. The van der Waals surface area contributed by atoms with Gasteiger partial charge >= 0.3 is 11.9 Å². The molecule has 0 saturated heterocycles. The van der Waals surface area contributed by atoms with E-state index in [9.17, 15) is 24.3 Å². The van der Waals surface area contributed by atoms with Crippen LogP contribution in [0.2, 0.25) is 0 Å². The number of rotatable bonds is 14. The molecule has 1 N–H and O–H groups in total. The standard InChI is InChI=1S/C61H82O7/c1-40(23-27-49-44(5)21-15-31-57(49,7)8)17-13-19-42(3)35-54(65)67-39-53(64)61(68-55(66)36-43(4)20-14-18-41(2)24-28-50-45(6)22-16-32-58(50,9)10)34-30-51-48-26-25-46-37-47(62)29-33-59(46,11)56(48)52(63)38-60(51,61)12/h13-14,17-20,23-24,27-28,35-37,48,51-52,56,63H,15-16,21-22,25-26,29-34,38-39H2,1-12H3/t48-,51-,52-,56+,59-,60-,61-/m0/s1. The van der Waals surface area contributed by atoms with Gasteiger partial charge in [-0.1, -0.05) is 130 Å². The summed E-state index contributed by atoms with van der Waals surface area (Å²) in [6.07, 6.45) is 35.0. The lowest BCUT2D eigenvalue weighted by Crippen LogP contribution is -2.63. The predicted octanol–water partition coefficient (Wildman–Crippen LogP) is 13.9. The van der Waals surface area contributed by atoms with Gasteiger partial charge in [0.2, 0.25) is 5.78 Å². The normalized spacial score (nSPS) is 32.5. The number of aliphatic hydroxyl groups excluding tert-OH is 1. The van der Waals surface area contributed by atoms with Crippen LogP contribution in [0.1, 0.15) is 167 Å². The van der Waals surface area contributed by atoms with Gasteiger partial charge in [0.25, 0.3) is 0 Å². The van der Waals surface area contributed by atoms with Crippen LogP contribution in [0.5, 0.6) is 0 Å². The number of Topliss-reactive ketones (excluding diaryl/α,β-unsaturated/α-hetero) is 1. The Kier molecular flexibility index (Phi) is 16.4. The molecule has 0 radical (unpaired) electrons. The molecule has 7 nitrogen and oxygen atoms in total. The molecule has 0 aliphatic heterocycles. The molecule has 6 rings (SSSR count). The largest absolute Gasteiger partial charge is 0.454 e. The Balaban J connectivity index is 1.19. The number of allylic oxidation sites excluding steroid dienone is 19. The topological polar surface area (TPSA) is 107 Å². The summed E-state index contributed by atoms with van der Waals surface area (Å²) >= 11 is 0. The van der Waals surface area contributed by atoms with E-state index in [1.807, 2.05) is 63.3 Å². The Morgan fingerprint density at radius 2 is 1.24 bits per heavy atom. The molecule has 68 heavy (non-hydrogen) atoms. The summed E-state index contributed by atoms with van der Waals surface area (Å²) in [5.74, 6) is -1.68. The van der Waals surface area contributed by atoms with Gasteiger partial charge in [0.15, 0.2) is 18.0 Å². The van der Waals surface area contributed by atoms with E-state index in [1.165, 1.54) is 60.1 Å². The van der Waals surface area contributed by atoms with Crippen molar-refractivity contribution in [1.82, 2.24) is 0 Å². The summed E-state index contributed by atoms with van der Waals surface area (Å²) in [6.45, 7) is 25.1. The molecule has 0 spiro atoms. The summed E-state index contributed by atoms with van der Waals surface area (Å²) in [6, 6.07) is 0. The molecule has 3 fully saturated rings. The predicted molar refractivity (Wildman–Crippen MR) is 275 cm³/mol. The minimum atomic E-state index is -1.63. The van der Waals surface area contributed by atoms with E-state index in [-0.39, 0.29) is 52.6 Å². The van der Waals surface area contributed by atoms with Crippen LogP contribution in [0.25, 0.3) is 0 Å². The molecular weight excluding hydrogens is 845 g/mol. The average Bonchev–Trinajstić information content (AvgIpc) is 3.53. The van der Waals surface area contributed by atoms with Gasteiger partial charge in [-0.2, -0.15) is 0 Å². The first-order valence-corrected chi connectivity index (χ1v) is 25.6. The van der Waals surface area contributed by atoms with Crippen LogP contribution in [0.3, 0.4) is 0 Å². The molecule has 7 heteroatoms. The van der Waals surface area contributed by atoms with Crippen molar-refractivity contribution in [1.29, 1.82) is 0 Å². The first-order valence-electron chi connectivity index (χ1n) is 25.6. The maximum Gasteiger partial charge on any atom is 0.332 e. The van der Waals surface area contributed by atoms with Crippen LogP contribution >= 0.6 is 0 Å². The van der Waals surface area contributed by atoms with Gasteiger partial charge in [-0.3, -0.25) is 9.59 Å². The second-order valence-corrected chi connectivity index (χ2v) is 23.2. The molecule has 6 aliphatic carbocycles. The molecule has 3 saturated carbocycles. The highest BCUT2D eigenvalue weighted by Gasteiger charge is 2.70. The fourth-order valence-corrected chi connectivity index (χ4v) is 13.6. The van der Waals surface area contributed by atoms with Crippen LogP contribution in [0.4, 0.5) is 0 Å². The van der Waals surface area contributed by atoms with Crippen molar-refractivity contribution in [3.05, 3.63) is 129 Å². The van der Waals surface area contributed by atoms with E-state index in [1.54, 1.807) is 0 Å². The zero-order valence-corrected chi connectivity index (χ0v) is 43.6. The zero-order chi connectivity index (χ0) is 49.8. The monoisotopic (exact) mass is 927 g/mol. The number of fused-ring (bicyclic) bond motifs is 5. The molecule has 0 aromatic rings. The number of carbonyl (C=O) groups excluding carboxylic acids is 4. The number of carbonyl (C=O) groups is 4. The third-order valence-corrected chi connectivity index (χ3v) is 17.3. The van der Waals surface area contributed by atoms with Gasteiger partial charge in [-0.25, -0.2) is 9.59 Å². The maximum atomic E-state index is 14.8. The third-order valence-electron chi connectivity index (χ3n) is 17.3. The fraction of sp³-hybridized carbons (Fsp3) is 0.574. The molecular formula is C61H82O7. The molecule has 6 aliphatic rings. The van der Waals surface area contributed by atoms with Gasteiger partial charge in [-0.05, 0) is 181 Å². The second kappa shape index (κ2) is 21.2. The molecule has 368 valence electrons. The molecule has 0 aromatic heterocycles. The zero-order valence-electron chi connectivity index (χ0n) is 43.6. The summed E-state index contributed by atoms with van der Waals surface area (Å²) in [7, 11) is 0.